The number of ether oxygens (including phenoxy) is 1. The van der Waals surface area contributed by atoms with Crippen molar-refractivity contribution in [2.45, 2.75) is 26.4 Å². The summed E-state index contributed by atoms with van der Waals surface area (Å²) in [6.45, 7) is 4.63. The fourth-order valence-electron chi connectivity index (χ4n) is 1.64. The first-order chi connectivity index (χ1) is 9.95. The molecule has 0 unspecified atom stereocenters. The van der Waals surface area contributed by atoms with E-state index in [-0.39, 0.29) is 11.6 Å². The van der Waals surface area contributed by atoms with Gasteiger partial charge in [0, 0.05) is 23.1 Å². The summed E-state index contributed by atoms with van der Waals surface area (Å²) < 4.78 is 32.7. The summed E-state index contributed by atoms with van der Waals surface area (Å²) in [6.07, 6.45) is 0. The van der Waals surface area contributed by atoms with Crippen LogP contribution in [0, 0.1) is 11.6 Å². The summed E-state index contributed by atoms with van der Waals surface area (Å²) in [7, 11) is 0. The van der Waals surface area contributed by atoms with Gasteiger partial charge in [0.25, 0.3) is 0 Å². The van der Waals surface area contributed by atoms with E-state index in [1.54, 1.807) is 12.1 Å². The Morgan fingerprint density at radius 3 is 2.76 bits per heavy atom. The molecule has 0 spiro atoms. The Morgan fingerprint density at radius 2 is 2.05 bits per heavy atom. The van der Waals surface area contributed by atoms with Gasteiger partial charge in [0.1, 0.15) is 0 Å². The second-order valence-electron chi connectivity index (χ2n) is 4.80. The van der Waals surface area contributed by atoms with E-state index in [9.17, 15) is 8.78 Å². The molecule has 112 valence electrons. The van der Waals surface area contributed by atoms with E-state index in [4.69, 9.17) is 4.74 Å². The molecule has 0 amide bonds. The van der Waals surface area contributed by atoms with Crippen molar-refractivity contribution in [3.8, 4) is 11.6 Å². The van der Waals surface area contributed by atoms with Gasteiger partial charge in [-0.25, -0.2) is 9.37 Å². The number of hydrogen-bond donors (Lipinski definition) is 1. The molecule has 21 heavy (non-hydrogen) atoms. The summed E-state index contributed by atoms with van der Waals surface area (Å²) in [6, 6.07) is 7.91. The normalized spacial score (nSPS) is 11.0. The highest BCUT2D eigenvalue weighted by atomic mass is 79.9. The zero-order chi connectivity index (χ0) is 15.4. The zero-order valence-corrected chi connectivity index (χ0v) is 13.2. The molecule has 0 aliphatic carbocycles. The molecule has 1 N–H and O–H groups in total. The minimum absolute atomic E-state index is 0.205. The second kappa shape index (κ2) is 6.95. The van der Waals surface area contributed by atoms with Crippen molar-refractivity contribution in [1.82, 2.24) is 10.3 Å². The van der Waals surface area contributed by atoms with Crippen LogP contribution in [0.4, 0.5) is 8.78 Å². The molecule has 1 heterocycles. The number of nitrogens with one attached hydrogen (secondary N) is 1. The lowest BCUT2D eigenvalue weighted by Crippen LogP contribution is -2.22. The molecule has 1 aromatic heterocycles. The number of hydrogen-bond acceptors (Lipinski definition) is 3. The Hall–Kier alpha value is -1.53. The lowest BCUT2D eigenvalue weighted by atomic mass is 10.3. The number of pyridine rings is 1. The molecule has 0 radical (unpaired) electrons. The number of aromatic nitrogens is 1. The molecule has 0 aliphatic heterocycles. The largest absolute Gasteiger partial charge is 0.436 e. The Morgan fingerprint density at radius 1 is 1.29 bits per heavy atom. The average Bonchev–Trinajstić information content (AvgIpc) is 2.42. The van der Waals surface area contributed by atoms with Crippen LogP contribution in [0.25, 0.3) is 0 Å². The lowest BCUT2D eigenvalue weighted by Gasteiger charge is -2.10. The van der Waals surface area contributed by atoms with Crippen molar-refractivity contribution in [3.05, 3.63) is 52.1 Å². The molecule has 2 aromatic rings. The topological polar surface area (TPSA) is 34.1 Å². The SMILES string of the molecule is CC(C)NCc1cccc(Oc2cc(Br)cc(F)c2F)n1. The molecule has 6 heteroatoms. The van der Waals surface area contributed by atoms with E-state index >= 15 is 0 Å². The van der Waals surface area contributed by atoms with Gasteiger partial charge in [-0.15, -0.1) is 0 Å². The Labute approximate surface area is 130 Å². The maximum absolute atomic E-state index is 13.7. The third kappa shape index (κ3) is 4.47. The molecule has 0 atom stereocenters. The van der Waals surface area contributed by atoms with Gasteiger partial charge in [-0.1, -0.05) is 35.8 Å². The zero-order valence-electron chi connectivity index (χ0n) is 11.7. The highest BCUT2D eigenvalue weighted by Crippen LogP contribution is 2.28. The van der Waals surface area contributed by atoms with Crippen molar-refractivity contribution in [3.63, 3.8) is 0 Å². The maximum atomic E-state index is 13.7. The van der Waals surface area contributed by atoms with Crippen LogP contribution in [0.15, 0.2) is 34.8 Å². The molecule has 0 fully saturated rings. The fraction of sp³-hybridized carbons (Fsp3) is 0.267. The van der Waals surface area contributed by atoms with Crippen molar-refractivity contribution >= 4 is 15.9 Å². The van der Waals surface area contributed by atoms with Crippen LogP contribution in [-0.2, 0) is 6.54 Å². The first kappa shape index (κ1) is 15.9. The van der Waals surface area contributed by atoms with Crippen LogP contribution in [0.3, 0.4) is 0 Å². The minimum atomic E-state index is -1.04. The van der Waals surface area contributed by atoms with Crippen molar-refractivity contribution in [2.24, 2.45) is 0 Å². The minimum Gasteiger partial charge on any atom is -0.436 e. The Kier molecular flexibility index (Phi) is 5.25. The Balaban J connectivity index is 2.18. The molecule has 0 bridgehead atoms. The van der Waals surface area contributed by atoms with E-state index in [1.165, 1.54) is 6.07 Å². The number of rotatable bonds is 5. The average molecular weight is 357 g/mol. The summed E-state index contributed by atoms with van der Waals surface area (Å²) in [4.78, 5) is 4.25. The van der Waals surface area contributed by atoms with Gasteiger partial charge in [0.05, 0.1) is 5.69 Å². The number of benzene rings is 1. The van der Waals surface area contributed by atoms with E-state index in [2.05, 4.69) is 26.2 Å². The van der Waals surface area contributed by atoms with Gasteiger partial charge in [-0.2, -0.15) is 4.39 Å². The standard InChI is InChI=1S/C15H15BrF2N2O/c1-9(2)19-8-11-4-3-5-14(20-11)21-13-7-10(16)6-12(17)15(13)18/h3-7,9,19H,8H2,1-2H3. The fourth-order valence-corrected chi connectivity index (χ4v) is 2.05. The molecular weight excluding hydrogens is 342 g/mol. The van der Waals surface area contributed by atoms with E-state index in [0.717, 1.165) is 11.8 Å². The molecule has 3 nitrogen and oxygen atoms in total. The number of halogens is 3. The van der Waals surface area contributed by atoms with E-state index in [1.807, 2.05) is 19.9 Å². The smallest absolute Gasteiger partial charge is 0.219 e. The van der Waals surface area contributed by atoms with Gasteiger partial charge in [-0.05, 0) is 18.2 Å². The van der Waals surface area contributed by atoms with Crippen LogP contribution in [0.2, 0.25) is 0 Å². The molecule has 0 saturated carbocycles. The Bertz CT molecular complexity index is 635. The molecule has 1 aromatic carbocycles. The van der Waals surface area contributed by atoms with Crippen LogP contribution < -0.4 is 10.1 Å². The van der Waals surface area contributed by atoms with Gasteiger partial charge in [-0.3, -0.25) is 0 Å². The monoisotopic (exact) mass is 356 g/mol. The van der Waals surface area contributed by atoms with Crippen molar-refractivity contribution in [2.75, 3.05) is 0 Å². The van der Waals surface area contributed by atoms with Crippen LogP contribution in [0.5, 0.6) is 11.6 Å². The maximum Gasteiger partial charge on any atom is 0.219 e. The predicted molar refractivity (Wildman–Crippen MR) is 80.3 cm³/mol. The third-order valence-corrected chi connectivity index (χ3v) is 3.10. The van der Waals surface area contributed by atoms with Crippen molar-refractivity contribution in [1.29, 1.82) is 0 Å². The quantitative estimate of drug-likeness (QED) is 0.805. The summed E-state index contributed by atoms with van der Waals surface area (Å²) in [5.74, 6) is -2.00. The summed E-state index contributed by atoms with van der Waals surface area (Å²) >= 11 is 3.10. The third-order valence-electron chi connectivity index (χ3n) is 2.65. The van der Waals surface area contributed by atoms with Crippen molar-refractivity contribution < 1.29 is 13.5 Å². The van der Waals surface area contributed by atoms with E-state index < -0.39 is 11.6 Å². The highest BCUT2D eigenvalue weighted by Gasteiger charge is 2.13. The molecule has 0 aliphatic rings. The first-order valence-corrected chi connectivity index (χ1v) is 7.26. The highest BCUT2D eigenvalue weighted by molar-refractivity contribution is 9.10. The van der Waals surface area contributed by atoms with Crippen LogP contribution >= 0.6 is 15.9 Å². The van der Waals surface area contributed by atoms with Gasteiger partial charge >= 0.3 is 0 Å². The van der Waals surface area contributed by atoms with Crippen LogP contribution in [-0.4, -0.2) is 11.0 Å². The molecule has 0 saturated heterocycles. The lowest BCUT2D eigenvalue weighted by molar-refractivity contribution is 0.403. The molecular formula is C15H15BrF2N2O. The number of nitrogens with zero attached hydrogens (tertiary/aromatic N) is 1. The molecule has 2 rings (SSSR count). The summed E-state index contributed by atoms with van der Waals surface area (Å²) in [5, 5.41) is 3.22. The van der Waals surface area contributed by atoms with Gasteiger partial charge in [0.2, 0.25) is 11.7 Å². The second-order valence-corrected chi connectivity index (χ2v) is 5.72. The first-order valence-electron chi connectivity index (χ1n) is 6.47. The summed E-state index contributed by atoms with van der Waals surface area (Å²) in [5.41, 5.74) is 0.761. The van der Waals surface area contributed by atoms with Crippen LogP contribution in [0.1, 0.15) is 19.5 Å². The van der Waals surface area contributed by atoms with E-state index in [0.29, 0.717) is 17.1 Å². The predicted octanol–water partition coefficient (Wildman–Crippen LogP) is 4.41. The van der Waals surface area contributed by atoms with Gasteiger partial charge < -0.3 is 10.1 Å². The van der Waals surface area contributed by atoms with Gasteiger partial charge in [0.15, 0.2) is 11.6 Å².